The first-order chi connectivity index (χ1) is 4.54. The van der Waals surface area contributed by atoms with Gasteiger partial charge in [0.05, 0.1) is 6.61 Å². The predicted molar refractivity (Wildman–Crippen MR) is 29.6 cm³/mol. The minimum atomic E-state index is -1.83. The second-order valence-corrected chi connectivity index (χ2v) is 1.51. The lowest BCUT2D eigenvalue weighted by Gasteiger charge is -1.73. The van der Waals surface area contributed by atoms with Crippen molar-refractivity contribution in [3.05, 3.63) is 0 Å². The van der Waals surface area contributed by atoms with E-state index in [2.05, 4.69) is 4.74 Å². The van der Waals surface area contributed by atoms with Crippen LogP contribution in [0.2, 0.25) is 0 Å². The fraction of sp³-hybridized carbons (Fsp3) is 0.500. The molecular formula is C4H7NO5. The first kappa shape index (κ1) is 8.70. The Morgan fingerprint density at radius 1 is 1.50 bits per heavy atom. The molecule has 0 aromatic heterocycles. The van der Waals surface area contributed by atoms with E-state index < -0.39 is 6.16 Å². The Morgan fingerprint density at radius 2 is 1.80 bits per heavy atom. The quantitative estimate of drug-likeness (QED) is 0.418. The Hall–Kier alpha value is -1.30. The van der Waals surface area contributed by atoms with Crippen molar-refractivity contribution >= 4 is 12.1 Å². The van der Waals surface area contributed by atoms with E-state index in [9.17, 15) is 4.79 Å². The lowest BCUT2D eigenvalue weighted by atomic mass is 10.5. The molecule has 1 amide bonds. The maximum Gasteiger partial charge on any atom is 0.503 e. The van der Waals surface area contributed by atoms with Gasteiger partial charge in [0.2, 0.25) is 5.91 Å². The lowest BCUT2D eigenvalue weighted by Crippen LogP contribution is -2.17. The van der Waals surface area contributed by atoms with E-state index in [1.165, 1.54) is 0 Å². The van der Waals surface area contributed by atoms with Gasteiger partial charge in [0, 0.05) is 0 Å². The third kappa shape index (κ3) is 6.70. The van der Waals surface area contributed by atoms with Crippen molar-refractivity contribution in [2.45, 2.75) is 6.10 Å². The van der Waals surface area contributed by atoms with Gasteiger partial charge in [-0.3, -0.25) is 4.79 Å². The summed E-state index contributed by atoms with van der Waals surface area (Å²) in [6.07, 6.45) is -2.09. The Labute approximate surface area is 56.2 Å². The van der Waals surface area contributed by atoms with Crippen molar-refractivity contribution in [1.29, 1.82) is 0 Å². The van der Waals surface area contributed by atoms with Crippen LogP contribution in [0.5, 0.6) is 0 Å². The zero-order chi connectivity index (χ0) is 8.15. The van der Waals surface area contributed by atoms with Gasteiger partial charge in [0.1, 0.15) is 0 Å². The molecule has 0 aliphatic carbocycles. The maximum atomic E-state index is 9.86. The molecule has 4 N–H and O–H groups in total. The van der Waals surface area contributed by atoms with Gasteiger partial charge < -0.3 is 20.7 Å². The van der Waals surface area contributed by atoms with E-state index in [0.717, 1.165) is 0 Å². The van der Waals surface area contributed by atoms with Crippen molar-refractivity contribution in [2.24, 2.45) is 5.73 Å². The smallest absolute Gasteiger partial charge is 0.450 e. The van der Waals surface area contributed by atoms with Gasteiger partial charge in [-0.15, -0.1) is 0 Å². The summed E-state index contributed by atoms with van der Waals surface area (Å²) in [5, 5.41) is 13.9. The number of hydrogen-bond donors (Lipinski definition) is 3. The van der Waals surface area contributed by atoms with Gasteiger partial charge in [-0.2, -0.15) is 0 Å². The summed E-state index contributed by atoms with van der Waals surface area (Å²) < 4.78 is 4.50. The summed E-state index contributed by atoms with van der Waals surface area (Å²) >= 11 is 0. The fourth-order valence-electron chi connectivity index (χ4n) is 0.212. The van der Waals surface area contributed by atoms with Crippen LogP contribution in [0.1, 0.15) is 0 Å². The average molecular weight is 149 g/mol. The number of epoxide rings is 1. The summed E-state index contributed by atoms with van der Waals surface area (Å²) in [5.74, 6) is -0.352. The molecule has 1 aliphatic heterocycles. The number of carbonyl (C=O) groups is 2. The first-order valence-corrected chi connectivity index (χ1v) is 2.37. The molecule has 6 nitrogen and oxygen atoms in total. The van der Waals surface area contributed by atoms with Gasteiger partial charge in [-0.25, -0.2) is 4.79 Å². The number of nitrogens with two attached hydrogens (primary N) is 1. The SMILES string of the molecule is NC(=O)C1CO1.O=C(O)O. The molecule has 1 heterocycles. The number of carbonyl (C=O) groups excluding carboxylic acids is 1. The summed E-state index contributed by atoms with van der Waals surface area (Å²) in [4.78, 5) is 18.4. The number of carboxylic acid groups (broad SMARTS) is 2. The van der Waals surface area contributed by atoms with Crippen molar-refractivity contribution in [1.82, 2.24) is 0 Å². The molecule has 1 rings (SSSR count). The minimum Gasteiger partial charge on any atom is -0.450 e. The van der Waals surface area contributed by atoms with Crippen molar-refractivity contribution in [3.63, 3.8) is 0 Å². The van der Waals surface area contributed by atoms with E-state index in [4.69, 9.17) is 20.7 Å². The highest BCUT2D eigenvalue weighted by atomic mass is 16.6. The standard InChI is InChI=1S/C3H5NO2.CH2O3/c4-3(5)2-1-6-2;2-1(3)4/h2H,1H2,(H2,4,5);(H2,2,3,4). The highest BCUT2D eigenvalue weighted by Crippen LogP contribution is 2.05. The predicted octanol–water partition coefficient (Wildman–Crippen LogP) is -0.907. The molecule has 0 saturated carbocycles. The van der Waals surface area contributed by atoms with Crippen molar-refractivity contribution < 1.29 is 24.5 Å². The molecule has 0 aromatic rings. The number of ether oxygens (including phenoxy) is 1. The molecule has 1 unspecified atom stereocenters. The van der Waals surface area contributed by atoms with E-state index >= 15 is 0 Å². The summed E-state index contributed by atoms with van der Waals surface area (Å²) in [6, 6.07) is 0. The van der Waals surface area contributed by atoms with Crippen LogP contribution in [0.4, 0.5) is 4.79 Å². The third-order valence-corrected chi connectivity index (χ3v) is 0.651. The summed E-state index contributed by atoms with van der Waals surface area (Å²) in [5.41, 5.74) is 4.73. The molecule has 1 aliphatic rings. The molecule has 0 radical (unpaired) electrons. The van der Waals surface area contributed by atoms with Crippen LogP contribution < -0.4 is 5.73 Å². The summed E-state index contributed by atoms with van der Waals surface area (Å²) in [7, 11) is 0. The van der Waals surface area contributed by atoms with Gasteiger partial charge >= 0.3 is 6.16 Å². The average Bonchev–Trinajstić information content (AvgIpc) is 2.38. The highest BCUT2D eigenvalue weighted by molar-refractivity contribution is 5.80. The Bertz CT molecular complexity index is 137. The van der Waals surface area contributed by atoms with E-state index in [-0.39, 0.29) is 12.0 Å². The molecule has 1 atom stereocenters. The largest absolute Gasteiger partial charge is 0.503 e. The lowest BCUT2D eigenvalue weighted by molar-refractivity contribution is -0.119. The Morgan fingerprint density at radius 3 is 1.80 bits per heavy atom. The topological polar surface area (TPSA) is 113 Å². The third-order valence-electron chi connectivity index (χ3n) is 0.651. The van der Waals surface area contributed by atoms with E-state index in [0.29, 0.717) is 6.61 Å². The van der Waals surface area contributed by atoms with Crippen LogP contribution in [0, 0.1) is 0 Å². The van der Waals surface area contributed by atoms with Crippen LogP contribution in [-0.4, -0.2) is 35.0 Å². The summed E-state index contributed by atoms with van der Waals surface area (Å²) in [6.45, 7) is 0.523. The molecule has 58 valence electrons. The number of amides is 1. The number of hydrogen-bond acceptors (Lipinski definition) is 3. The van der Waals surface area contributed by atoms with Crippen molar-refractivity contribution in [3.8, 4) is 0 Å². The highest BCUT2D eigenvalue weighted by Gasteiger charge is 2.28. The van der Waals surface area contributed by atoms with E-state index in [1.54, 1.807) is 0 Å². The first-order valence-electron chi connectivity index (χ1n) is 2.37. The molecular weight excluding hydrogens is 142 g/mol. The van der Waals surface area contributed by atoms with Gasteiger partial charge in [-0.1, -0.05) is 0 Å². The maximum absolute atomic E-state index is 9.86. The minimum absolute atomic E-state index is 0.259. The van der Waals surface area contributed by atoms with Crippen molar-refractivity contribution in [2.75, 3.05) is 6.61 Å². The molecule has 1 fully saturated rings. The number of rotatable bonds is 1. The fourth-order valence-corrected chi connectivity index (χ4v) is 0.212. The van der Waals surface area contributed by atoms with Crippen LogP contribution in [0.15, 0.2) is 0 Å². The van der Waals surface area contributed by atoms with Crippen LogP contribution in [0.3, 0.4) is 0 Å². The second-order valence-electron chi connectivity index (χ2n) is 1.51. The molecule has 10 heavy (non-hydrogen) atoms. The Kier molecular flexibility index (Phi) is 3.20. The normalized spacial score (nSPS) is 20.2. The number of primary amides is 1. The monoisotopic (exact) mass is 149 g/mol. The van der Waals surface area contributed by atoms with Crippen LogP contribution in [0.25, 0.3) is 0 Å². The molecule has 6 heteroatoms. The molecule has 0 bridgehead atoms. The molecule has 0 aromatic carbocycles. The van der Waals surface area contributed by atoms with Gasteiger partial charge in [-0.05, 0) is 0 Å². The van der Waals surface area contributed by atoms with Crippen LogP contribution >= 0.6 is 0 Å². The molecule has 0 spiro atoms. The second kappa shape index (κ2) is 3.67. The van der Waals surface area contributed by atoms with E-state index in [1.807, 2.05) is 0 Å². The van der Waals surface area contributed by atoms with Gasteiger partial charge in [0.25, 0.3) is 0 Å². The molecule has 1 saturated heterocycles. The van der Waals surface area contributed by atoms with Crippen LogP contribution in [-0.2, 0) is 9.53 Å². The zero-order valence-electron chi connectivity index (χ0n) is 4.98. The Balaban J connectivity index is 0.000000180. The van der Waals surface area contributed by atoms with Gasteiger partial charge in [0.15, 0.2) is 6.10 Å². The zero-order valence-corrected chi connectivity index (χ0v) is 4.98.